The quantitative estimate of drug-likeness (QED) is 0.645. The monoisotopic (exact) mass is 377 g/mol. The van der Waals surface area contributed by atoms with Gasteiger partial charge >= 0.3 is 0 Å². The van der Waals surface area contributed by atoms with Gasteiger partial charge in [0.2, 0.25) is 11.7 Å². The number of methoxy groups -OCH3 is 1. The molecule has 1 unspecified atom stereocenters. The maximum absolute atomic E-state index is 12.7. The molecule has 9 heteroatoms. The van der Waals surface area contributed by atoms with E-state index in [-0.39, 0.29) is 11.6 Å². The predicted molar refractivity (Wildman–Crippen MR) is 93.3 cm³/mol. The molecule has 0 fully saturated rings. The van der Waals surface area contributed by atoms with Crippen molar-refractivity contribution in [2.24, 2.45) is 0 Å². The Balaban J connectivity index is 1.83. The van der Waals surface area contributed by atoms with E-state index in [4.69, 9.17) is 13.8 Å². The molecule has 0 amide bonds. The summed E-state index contributed by atoms with van der Waals surface area (Å²) in [5, 5.41) is 6.73. The van der Waals surface area contributed by atoms with Gasteiger partial charge < -0.3 is 13.8 Å². The summed E-state index contributed by atoms with van der Waals surface area (Å²) in [6.45, 7) is 4.92. The highest BCUT2D eigenvalue weighted by Crippen LogP contribution is 2.28. The first-order chi connectivity index (χ1) is 12.3. The standard InChI is InChI=1S/C17H19N3O5S/c1-10-15(11(2)24-19-10)9-26(21,22)12(3)17-18-16(20-25-17)13-5-7-14(23-4)8-6-13/h5-8,12H,9H2,1-4H3. The third-order valence-electron chi connectivity index (χ3n) is 4.20. The zero-order chi connectivity index (χ0) is 18.9. The highest BCUT2D eigenvalue weighted by Gasteiger charge is 2.30. The lowest BCUT2D eigenvalue weighted by molar-refractivity contribution is 0.376. The molecular formula is C17H19N3O5S. The third-order valence-corrected chi connectivity index (χ3v) is 6.17. The van der Waals surface area contributed by atoms with Crippen molar-refractivity contribution >= 4 is 9.84 Å². The van der Waals surface area contributed by atoms with Gasteiger partial charge in [-0.25, -0.2) is 8.42 Å². The third kappa shape index (κ3) is 3.48. The lowest BCUT2D eigenvalue weighted by Gasteiger charge is -2.08. The zero-order valence-corrected chi connectivity index (χ0v) is 15.7. The van der Waals surface area contributed by atoms with Crippen LogP contribution in [0.25, 0.3) is 11.4 Å². The molecule has 0 aliphatic heterocycles. The Labute approximate surface area is 151 Å². The lowest BCUT2D eigenvalue weighted by atomic mass is 10.2. The summed E-state index contributed by atoms with van der Waals surface area (Å²) in [6.07, 6.45) is 0. The second kappa shape index (κ2) is 6.91. The van der Waals surface area contributed by atoms with E-state index in [9.17, 15) is 8.42 Å². The van der Waals surface area contributed by atoms with Gasteiger partial charge in [0.25, 0.3) is 0 Å². The summed E-state index contributed by atoms with van der Waals surface area (Å²) in [5.74, 6) is 1.36. The number of benzene rings is 1. The van der Waals surface area contributed by atoms with Crippen LogP contribution in [0.5, 0.6) is 5.75 Å². The van der Waals surface area contributed by atoms with Gasteiger partial charge in [0.15, 0.2) is 9.84 Å². The summed E-state index contributed by atoms with van der Waals surface area (Å²) in [7, 11) is -2.00. The molecule has 2 aromatic heterocycles. The van der Waals surface area contributed by atoms with Crippen LogP contribution in [0.2, 0.25) is 0 Å². The van der Waals surface area contributed by atoms with Crippen LogP contribution in [-0.4, -0.2) is 30.8 Å². The summed E-state index contributed by atoms with van der Waals surface area (Å²) in [5.41, 5.74) is 1.82. The normalized spacial score (nSPS) is 12.9. The summed E-state index contributed by atoms with van der Waals surface area (Å²) < 4.78 is 40.8. The molecule has 0 aliphatic carbocycles. The van der Waals surface area contributed by atoms with Crippen molar-refractivity contribution in [1.29, 1.82) is 0 Å². The summed E-state index contributed by atoms with van der Waals surface area (Å²) in [4.78, 5) is 4.24. The van der Waals surface area contributed by atoms with Crippen LogP contribution in [0.15, 0.2) is 33.3 Å². The van der Waals surface area contributed by atoms with Gasteiger partial charge in [-0.05, 0) is 45.0 Å². The Hall–Kier alpha value is -2.68. The van der Waals surface area contributed by atoms with Crippen LogP contribution in [-0.2, 0) is 15.6 Å². The first-order valence-electron chi connectivity index (χ1n) is 7.93. The van der Waals surface area contributed by atoms with Gasteiger partial charge in [0.05, 0.1) is 18.6 Å². The Morgan fingerprint density at radius 1 is 1.12 bits per heavy atom. The van der Waals surface area contributed by atoms with Gasteiger partial charge in [-0.15, -0.1) is 0 Å². The van der Waals surface area contributed by atoms with E-state index < -0.39 is 15.1 Å². The highest BCUT2D eigenvalue weighted by molar-refractivity contribution is 7.90. The average Bonchev–Trinajstić information content (AvgIpc) is 3.23. The maximum atomic E-state index is 12.7. The molecule has 0 saturated heterocycles. The minimum atomic E-state index is -3.58. The SMILES string of the molecule is COc1ccc(-c2noc(C(C)S(=O)(=O)Cc3c(C)noc3C)n2)cc1. The number of aromatic nitrogens is 3. The van der Waals surface area contributed by atoms with Gasteiger partial charge in [0.1, 0.15) is 16.8 Å². The molecule has 0 N–H and O–H groups in total. The van der Waals surface area contributed by atoms with Crippen molar-refractivity contribution in [2.45, 2.75) is 31.8 Å². The molecule has 3 rings (SSSR count). The number of sulfone groups is 1. The van der Waals surface area contributed by atoms with Gasteiger partial charge in [-0.1, -0.05) is 10.3 Å². The van der Waals surface area contributed by atoms with Crippen molar-refractivity contribution in [3.63, 3.8) is 0 Å². The zero-order valence-electron chi connectivity index (χ0n) is 14.9. The van der Waals surface area contributed by atoms with Gasteiger partial charge in [0, 0.05) is 11.1 Å². The molecule has 1 atom stereocenters. The first-order valence-corrected chi connectivity index (χ1v) is 9.64. The Bertz CT molecular complexity index is 986. The van der Waals surface area contributed by atoms with Crippen molar-refractivity contribution in [2.75, 3.05) is 7.11 Å². The molecule has 0 aliphatic rings. The van der Waals surface area contributed by atoms with Crippen LogP contribution in [0.1, 0.15) is 35.1 Å². The molecule has 0 bridgehead atoms. The molecule has 26 heavy (non-hydrogen) atoms. The van der Waals surface area contributed by atoms with Crippen molar-refractivity contribution in [3.05, 3.63) is 47.2 Å². The highest BCUT2D eigenvalue weighted by atomic mass is 32.2. The molecule has 1 aromatic carbocycles. The smallest absolute Gasteiger partial charge is 0.245 e. The van der Waals surface area contributed by atoms with Crippen LogP contribution < -0.4 is 4.74 Å². The lowest BCUT2D eigenvalue weighted by Crippen LogP contribution is -2.14. The number of ether oxygens (including phenoxy) is 1. The van der Waals surface area contributed by atoms with Crippen LogP contribution in [0, 0.1) is 13.8 Å². The molecule has 8 nitrogen and oxygen atoms in total. The Morgan fingerprint density at radius 3 is 2.38 bits per heavy atom. The largest absolute Gasteiger partial charge is 0.497 e. The molecule has 0 radical (unpaired) electrons. The van der Waals surface area contributed by atoms with E-state index >= 15 is 0 Å². The van der Waals surface area contributed by atoms with E-state index in [1.165, 1.54) is 6.92 Å². The van der Waals surface area contributed by atoms with Crippen molar-refractivity contribution in [1.82, 2.24) is 15.3 Å². The number of hydrogen-bond donors (Lipinski definition) is 0. The van der Waals surface area contributed by atoms with E-state index in [1.807, 2.05) is 0 Å². The molecule has 0 spiro atoms. The topological polar surface area (TPSA) is 108 Å². The maximum Gasteiger partial charge on any atom is 0.245 e. The van der Waals surface area contributed by atoms with Gasteiger partial charge in [-0.2, -0.15) is 4.98 Å². The van der Waals surface area contributed by atoms with Crippen LogP contribution >= 0.6 is 0 Å². The molecule has 138 valence electrons. The fourth-order valence-corrected chi connectivity index (χ4v) is 3.91. The van der Waals surface area contributed by atoms with E-state index in [0.717, 1.165) is 0 Å². The number of rotatable bonds is 6. The first kappa shape index (κ1) is 18.1. The van der Waals surface area contributed by atoms with Crippen LogP contribution in [0.4, 0.5) is 0 Å². The molecule has 2 heterocycles. The van der Waals surface area contributed by atoms with E-state index in [1.54, 1.807) is 45.2 Å². The predicted octanol–water partition coefficient (Wildman–Crippen LogP) is 3.03. The molecule has 3 aromatic rings. The average molecular weight is 377 g/mol. The second-order valence-electron chi connectivity index (χ2n) is 5.94. The van der Waals surface area contributed by atoms with Crippen molar-refractivity contribution in [3.8, 4) is 17.1 Å². The number of hydrogen-bond acceptors (Lipinski definition) is 8. The summed E-state index contributed by atoms with van der Waals surface area (Å²) in [6, 6.07) is 7.08. The second-order valence-corrected chi connectivity index (χ2v) is 8.26. The fourth-order valence-electron chi connectivity index (χ4n) is 2.45. The summed E-state index contributed by atoms with van der Waals surface area (Å²) >= 11 is 0. The Morgan fingerprint density at radius 2 is 1.81 bits per heavy atom. The number of nitrogens with zero attached hydrogens (tertiary/aromatic N) is 3. The van der Waals surface area contributed by atoms with E-state index in [0.29, 0.717) is 34.2 Å². The fraction of sp³-hybridized carbons (Fsp3) is 0.353. The van der Waals surface area contributed by atoms with Crippen molar-refractivity contribution < 1.29 is 22.2 Å². The minimum Gasteiger partial charge on any atom is -0.497 e. The van der Waals surface area contributed by atoms with Gasteiger partial charge in [-0.3, -0.25) is 0 Å². The Kier molecular flexibility index (Phi) is 4.82. The van der Waals surface area contributed by atoms with Crippen LogP contribution in [0.3, 0.4) is 0 Å². The minimum absolute atomic E-state index is 0.0441. The van der Waals surface area contributed by atoms with E-state index in [2.05, 4.69) is 15.3 Å². The molecule has 0 saturated carbocycles. The number of aryl methyl sites for hydroxylation is 2. The molecular weight excluding hydrogens is 358 g/mol.